The number of benzene rings is 3. The zero-order valence-electron chi connectivity index (χ0n) is 22.6. The number of fused-ring (bicyclic) bond motifs is 6. The van der Waals surface area contributed by atoms with Crippen molar-refractivity contribution in [3.05, 3.63) is 104 Å². The fraction of sp³-hybridized carbons (Fsp3) is 0.143. The molecule has 4 heteroatoms. The summed E-state index contributed by atoms with van der Waals surface area (Å²) in [4.78, 5) is 2.91. The number of hydrogen-bond donors (Lipinski definition) is 0. The minimum atomic E-state index is -0.425. The summed E-state index contributed by atoms with van der Waals surface area (Å²) < 4.78 is 4.31. The first-order chi connectivity index (χ1) is 18.9. The average Bonchev–Trinajstić information content (AvgIpc) is 3.65. The van der Waals surface area contributed by atoms with Crippen molar-refractivity contribution in [2.24, 2.45) is 5.92 Å². The van der Waals surface area contributed by atoms with Crippen molar-refractivity contribution >= 4 is 83.9 Å². The molecule has 0 saturated carbocycles. The van der Waals surface area contributed by atoms with Crippen molar-refractivity contribution in [2.75, 3.05) is 0 Å². The van der Waals surface area contributed by atoms with Crippen LogP contribution in [0.2, 0.25) is 13.1 Å². The Hall–Kier alpha value is -2.36. The van der Waals surface area contributed by atoms with Crippen LogP contribution in [-0.4, -0.2) is 17.3 Å². The van der Waals surface area contributed by atoms with E-state index in [1.54, 1.807) is 0 Å². The van der Waals surface area contributed by atoms with E-state index in [1.807, 2.05) is 22.7 Å². The molecule has 2 aromatic heterocycles. The van der Waals surface area contributed by atoms with E-state index in [9.17, 15) is 0 Å². The van der Waals surface area contributed by atoms with Gasteiger partial charge in [0.1, 0.15) is 0 Å². The van der Waals surface area contributed by atoms with Crippen molar-refractivity contribution < 1.29 is 24.2 Å². The van der Waals surface area contributed by atoms with Gasteiger partial charge in [0.2, 0.25) is 0 Å². The summed E-state index contributed by atoms with van der Waals surface area (Å²) in [5, 5.41) is 2.82. The van der Waals surface area contributed by atoms with Crippen LogP contribution < -0.4 is 0 Å². The Labute approximate surface area is 254 Å². The Balaban J connectivity index is 1.46. The van der Waals surface area contributed by atoms with Crippen LogP contribution in [0.25, 0.3) is 55.1 Å². The second-order valence-corrected chi connectivity index (χ2v) is 16.7. The van der Waals surface area contributed by atoms with E-state index < -0.39 is 8.41 Å². The Kier molecular flexibility index (Phi) is 6.51. The third-order valence-corrected chi connectivity index (χ3v) is 12.7. The normalized spacial score (nSPS) is 15.4. The number of allylic oxidation sites excluding steroid dienone is 3. The zero-order chi connectivity index (χ0) is 26.8. The summed E-state index contributed by atoms with van der Waals surface area (Å²) in [5.74, 6) is 0.456. The third-order valence-electron chi connectivity index (χ3n) is 7.66. The summed E-state index contributed by atoms with van der Waals surface area (Å²) in [6.45, 7) is 9.42. The molecule has 0 saturated heterocycles. The van der Waals surface area contributed by atoms with Gasteiger partial charge in [-0.1, -0.05) is 30.3 Å². The summed E-state index contributed by atoms with van der Waals surface area (Å²) in [6, 6.07) is 24.5. The van der Waals surface area contributed by atoms with Gasteiger partial charge in [-0.2, -0.15) is 0 Å². The first-order valence-electron chi connectivity index (χ1n) is 13.5. The van der Waals surface area contributed by atoms with Crippen LogP contribution in [0, 0.1) is 5.92 Å². The molecule has 39 heavy (non-hydrogen) atoms. The molecule has 0 radical (unpaired) electrons. The molecule has 0 spiro atoms. The molecule has 0 N–H and O–H groups in total. The van der Waals surface area contributed by atoms with E-state index in [4.69, 9.17) is 0 Å². The van der Waals surface area contributed by atoms with Gasteiger partial charge in [0.05, 0.1) is 0 Å². The summed E-state index contributed by atoms with van der Waals surface area (Å²) in [7, 11) is -0.425. The average molecular weight is 632 g/mol. The van der Waals surface area contributed by atoms with Crippen LogP contribution >= 0.6 is 22.7 Å². The number of thiophene rings is 2. The quantitative estimate of drug-likeness (QED) is 0.173. The summed E-state index contributed by atoms with van der Waals surface area (Å²) in [6.07, 6.45) is 7.45. The van der Waals surface area contributed by atoms with Gasteiger partial charge < -0.3 is 0 Å². The van der Waals surface area contributed by atoms with Gasteiger partial charge in [-0.25, -0.2) is 0 Å². The van der Waals surface area contributed by atoms with E-state index in [1.165, 1.54) is 102 Å². The molecule has 0 fully saturated rings. The van der Waals surface area contributed by atoms with Gasteiger partial charge in [-0.3, -0.25) is 0 Å². The Bertz CT molecular complexity index is 1950. The Morgan fingerprint density at radius 1 is 0.769 bits per heavy atom. The van der Waals surface area contributed by atoms with E-state index in [0.717, 1.165) is 0 Å². The SMILES string of the molecule is CC(C)C1=Cc2c(sc3cccc(-c4ccccc4)c23)C1=Cc1cccc2sc3c(c12)C=C(C=[Si](C)C)[C]3=[Zr+2]. The van der Waals surface area contributed by atoms with Gasteiger partial charge in [0.25, 0.3) is 0 Å². The summed E-state index contributed by atoms with van der Waals surface area (Å²) in [5.41, 5.74) is 13.7. The van der Waals surface area contributed by atoms with Gasteiger partial charge in [0.15, 0.2) is 0 Å². The molecular formula is C35H28S2SiZr+2. The fourth-order valence-electron chi connectivity index (χ4n) is 5.94. The standard InChI is InChI=1S/C35H28S2Si.Zr/c1-21(2)26-19-29-34-25(23-10-6-5-7-11-23)13-9-15-31(34)37-35(29)27(26)18-24-12-8-14-30-33(24)28-16-22(20-38(3)4)17-32(28)36-30;/h5-16,18-21H,1-4H3;/q;+2. The van der Waals surface area contributed by atoms with Gasteiger partial charge >= 0.3 is 226 Å². The van der Waals surface area contributed by atoms with Crippen LogP contribution in [-0.2, 0) is 24.2 Å². The summed E-state index contributed by atoms with van der Waals surface area (Å²) >= 11 is 5.45. The first-order valence-corrected chi connectivity index (χ1v) is 18.9. The van der Waals surface area contributed by atoms with E-state index in [0.29, 0.717) is 5.92 Å². The van der Waals surface area contributed by atoms with Crippen LogP contribution in [0.3, 0.4) is 0 Å². The Morgan fingerprint density at radius 2 is 1.46 bits per heavy atom. The molecule has 0 unspecified atom stereocenters. The maximum atomic E-state index is 2.53. The molecule has 0 amide bonds. The fourth-order valence-corrected chi connectivity index (χ4v) is 10.6. The van der Waals surface area contributed by atoms with Crippen molar-refractivity contribution in [3.63, 3.8) is 0 Å². The van der Waals surface area contributed by atoms with Crippen molar-refractivity contribution in [1.82, 2.24) is 0 Å². The Morgan fingerprint density at radius 3 is 2.21 bits per heavy atom. The second-order valence-electron chi connectivity index (χ2n) is 11.0. The van der Waals surface area contributed by atoms with Crippen LogP contribution in [0.15, 0.2) is 77.9 Å². The number of hydrogen-bond acceptors (Lipinski definition) is 2. The van der Waals surface area contributed by atoms with Crippen molar-refractivity contribution in [1.29, 1.82) is 0 Å². The second kappa shape index (κ2) is 9.93. The van der Waals surface area contributed by atoms with Crippen molar-refractivity contribution in [3.8, 4) is 11.1 Å². The van der Waals surface area contributed by atoms with Gasteiger partial charge in [-0.15, -0.1) is 0 Å². The molecule has 0 bridgehead atoms. The minimum absolute atomic E-state index is 0.425. The predicted octanol–water partition coefficient (Wildman–Crippen LogP) is 9.98. The predicted molar refractivity (Wildman–Crippen MR) is 175 cm³/mol. The molecule has 7 rings (SSSR count). The molecule has 5 aromatic rings. The molecule has 2 heterocycles. The van der Waals surface area contributed by atoms with Crippen molar-refractivity contribution in [2.45, 2.75) is 26.9 Å². The topological polar surface area (TPSA) is 0 Å². The monoisotopic (exact) mass is 630 g/mol. The van der Waals surface area contributed by atoms with Crippen LogP contribution in [0.4, 0.5) is 0 Å². The van der Waals surface area contributed by atoms with Gasteiger partial charge in [-0.05, 0) is 0 Å². The first kappa shape index (κ1) is 25.6. The third kappa shape index (κ3) is 4.23. The van der Waals surface area contributed by atoms with E-state index in [2.05, 4.69) is 118 Å². The molecule has 0 atom stereocenters. The zero-order valence-corrected chi connectivity index (χ0v) is 27.6. The molecule has 0 nitrogen and oxygen atoms in total. The molecule has 186 valence electrons. The van der Waals surface area contributed by atoms with Crippen LogP contribution in [0.5, 0.6) is 0 Å². The van der Waals surface area contributed by atoms with E-state index in [-0.39, 0.29) is 0 Å². The molecule has 3 aromatic carbocycles. The maximum absolute atomic E-state index is 2.53. The van der Waals surface area contributed by atoms with E-state index >= 15 is 0 Å². The number of rotatable bonds is 4. The van der Waals surface area contributed by atoms with Gasteiger partial charge in [0, 0.05) is 0 Å². The molecule has 0 aliphatic heterocycles. The molecule has 2 aliphatic carbocycles. The molecular weight excluding hydrogens is 604 g/mol. The van der Waals surface area contributed by atoms with Crippen LogP contribution in [0.1, 0.15) is 40.3 Å². The molecule has 2 aliphatic rings.